The Bertz CT molecular complexity index is 659. The molecule has 6 nitrogen and oxygen atoms in total. The predicted molar refractivity (Wildman–Crippen MR) is 70.5 cm³/mol. The van der Waals surface area contributed by atoms with E-state index in [0.29, 0.717) is 18.1 Å². The number of hydrogen-bond donors (Lipinski definition) is 3. The average Bonchev–Trinajstić information content (AvgIpc) is 2.88. The molecule has 0 fully saturated rings. The Morgan fingerprint density at radius 1 is 1.20 bits per heavy atom. The van der Waals surface area contributed by atoms with Crippen LogP contribution in [0.25, 0.3) is 0 Å². The molecule has 0 atom stereocenters. The summed E-state index contributed by atoms with van der Waals surface area (Å²) < 4.78 is 0. The van der Waals surface area contributed by atoms with E-state index in [0.717, 1.165) is 11.1 Å². The minimum absolute atomic E-state index is 0.328. The highest BCUT2D eigenvalue weighted by Gasteiger charge is 2.14. The molecule has 2 aromatic rings. The van der Waals surface area contributed by atoms with Crippen LogP contribution in [-0.4, -0.2) is 31.9 Å². The number of nitrogens with zero attached hydrogens (tertiary/aromatic N) is 1. The zero-order valence-electron chi connectivity index (χ0n) is 10.4. The van der Waals surface area contributed by atoms with Crippen molar-refractivity contribution in [2.75, 3.05) is 0 Å². The second kappa shape index (κ2) is 5.83. The fourth-order valence-electron chi connectivity index (χ4n) is 1.76. The van der Waals surface area contributed by atoms with Gasteiger partial charge in [0.2, 0.25) is 5.76 Å². The Morgan fingerprint density at radius 3 is 2.55 bits per heavy atom. The molecular formula is C14H12N2O4. The van der Waals surface area contributed by atoms with Gasteiger partial charge < -0.3 is 15.2 Å². The minimum atomic E-state index is -1.54. The number of aliphatic hydroxyl groups excluding tert-OH is 1. The first-order valence-electron chi connectivity index (χ1n) is 5.81. The van der Waals surface area contributed by atoms with E-state index < -0.39 is 17.5 Å². The molecule has 6 heteroatoms. The number of hydrogen-bond acceptors (Lipinski definition) is 4. The topological polar surface area (TPSA) is 103 Å². The molecule has 0 saturated carbocycles. The molecule has 3 N–H and O–H groups in total. The first kappa shape index (κ1) is 13.5. The van der Waals surface area contributed by atoms with Crippen LogP contribution >= 0.6 is 0 Å². The number of H-pyrrole nitrogens is 1. The van der Waals surface area contributed by atoms with Crippen LogP contribution in [0, 0.1) is 0 Å². The van der Waals surface area contributed by atoms with Gasteiger partial charge in [-0.15, -0.1) is 0 Å². The molecule has 0 unspecified atom stereocenters. The molecule has 0 bridgehead atoms. The van der Waals surface area contributed by atoms with Crippen LogP contribution in [0.2, 0.25) is 0 Å². The molecule has 0 aliphatic carbocycles. The lowest BCUT2D eigenvalue weighted by Gasteiger charge is -2.01. The third kappa shape index (κ3) is 3.11. The summed E-state index contributed by atoms with van der Waals surface area (Å²) in [5.74, 6) is -3.08. The fraction of sp³-hybridized carbons (Fsp3) is 0.0714. The average molecular weight is 272 g/mol. The number of aromatic nitrogens is 2. The van der Waals surface area contributed by atoms with Crippen LogP contribution in [0.5, 0.6) is 0 Å². The van der Waals surface area contributed by atoms with Crippen LogP contribution in [0.3, 0.4) is 0 Å². The minimum Gasteiger partial charge on any atom is -0.502 e. The molecule has 0 amide bonds. The maximum Gasteiger partial charge on any atom is 0.371 e. The molecule has 102 valence electrons. The number of pyridine rings is 1. The van der Waals surface area contributed by atoms with Gasteiger partial charge in [-0.3, -0.25) is 9.78 Å². The monoisotopic (exact) mass is 272 g/mol. The normalized spacial score (nSPS) is 11.3. The molecule has 2 heterocycles. The van der Waals surface area contributed by atoms with E-state index in [2.05, 4.69) is 9.97 Å². The van der Waals surface area contributed by atoms with Gasteiger partial charge in [-0.2, -0.15) is 0 Å². The zero-order chi connectivity index (χ0) is 14.5. The lowest BCUT2D eigenvalue weighted by molar-refractivity contribution is -0.135. The number of rotatable bonds is 5. The summed E-state index contributed by atoms with van der Waals surface area (Å²) in [6.07, 6.45) is 7.65. The molecule has 0 saturated heterocycles. The Morgan fingerprint density at radius 2 is 1.90 bits per heavy atom. The van der Waals surface area contributed by atoms with Gasteiger partial charge in [-0.25, -0.2) is 4.79 Å². The third-order valence-electron chi connectivity index (χ3n) is 2.73. The van der Waals surface area contributed by atoms with Gasteiger partial charge in [0, 0.05) is 36.4 Å². The van der Waals surface area contributed by atoms with Crippen molar-refractivity contribution in [3.63, 3.8) is 0 Å². The van der Waals surface area contributed by atoms with Crippen molar-refractivity contribution in [3.8, 4) is 0 Å². The number of ketones is 1. The Kier molecular flexibility index (Phi) is 3.95. The number of carbonyl (C=O) groups excluding carboxylic acids is 1. The van der Waals surface area contributed by atoms with Crippen molar-refractivity contribution < 1.29 is 19.8 Å². The number of allylic oxidation sites excluding steroid dienone is 1. The SMILES string of the molecule is O=C(O)/C(O)=C/C(=O)c1c[nH]cc1Cc1ccncc1. The summed E-state index contributed by atoms with van der Waals surface area (Å²) in [7, 11) is 0. The standard InChI is InChI=1S/C14H12N2O4/c17-12(6-13(18)14(19)20)11-8-16-7-10(11)5-9-1-3-15-4-2-9/h1-4,6-8,16,18H,5H2,(H,19,20)/b13-6-. The zero-order valence-corrected chi connectivity index (χ0v) is 10.4. The highest BCUT2D eigenvalue weighted by atomic mass is 16.4. The van der Waals surface area contributed by atoms with Gasteiger partial charge in [0.25, 0.3) is 0 Å². The number of carbonyl (C=O) groups is 2. The predicted octanol–water partition coefficient (Wildman–Crippen LogP) is 1.71. The number of aromatic amines is 1. The van der Waals surface area contributed by atoms with E-state index in [1.807, 2.05) is 12.1 Å². The van der Waals surface area contributed by atoms with Crippen LogP contribution < -0.4 is 0 Å². The quantitative estimate of drug-likeness (QED) is 0.436. The molecule has 0 aliphatic heterocycles. The molecular weight excluding hydrogens is 260 g/mol. The van der Waals surface area contributed by atoms with E-state index in [1.165, 1.54) is 6.20 Å². The van der Waals surface area contributed by atoms with Crippen molar-refractivity contribution in [2.45, 2.75) is 6.42 Å². The van der Waals surface area contributed by atoms with Gasteiger partial charge in [0.1, 0.15) is 0 Å². The van der Waals surface area contributed by atoms with Gasteiger partial charge >= 0.3 is 5.97 Å². The molecule has 20 heavy (non-hydrogen) atoms. The lowest BCUT2D eigenvalue weighted by Crippen LogP contribution is -2.05. The number of aliphatic hydroxyl groups is 1. The van der Waals surface area contributed by atoms with E-state index in [4.69, 9.17) is 10.2 Å². The second-order valence-electron chi connectivity index (χ2n) is 4.13. The number of aliphatic carboxylic acids is 1. The van der Waals surface area contributed by atoms with Crippen LogP contribution in [0.1, 0.15) is 21.5 Å². The van der Waals surface area contributed by atoms with Gasteiger partial charge in [0.15, 0.2) is 5.78 Å². The van der Waals surface area contributed by atoms with E-state index in [9.17, 15) is 9.59 Å². The smallest absolute Gasteiger partial charge is 0.371 e. The van der Waals surface area contributed by atoms with Gasteiger partial charge in [-0.05, 0) is 29.7 Å². The Hall–Kier alpha value is -2.89. The number of carboxylic acids is 1. The van der Waals surface area contributed by atoms with E-state index >= 15 is 0 Å². The Labute approximate surface area is 114 Å². The fourth-order valence-corrected chi connectivity index (χ4v) is 1.76. The highest BCUT2D eigenvalue weighted by Crippen LogP contribution is 2.15. The van der Waals surface area contributed by atoms with Gasteiger partial charge in [0.05, 0.1) is 0 Å². The van der Waals surface area contributed by atoms with Crippen molar-refractivity contribution in [1.82, 2.24) is 9.97 Å². The second-order valence-corrected chi connectivity index (χ2v) is 4.13. The molecule has 0 aliphatic rings. The van der Waals surface area contributed by atoms with Crippen LogP contribution in [0.4, 0.5) is 0 Å². The van der Waals surface area contributed by atoms with Crippen LogP contribution in [-0.2, 0) is 11.2 Å². The first-order chi connectivity index (χ1) is 9.58. The number of nitrogens with one attached hydrogen (secondary N) is 1. The van der Waals surface area contributed by atoms with E-state index in [-0.39, 0.29) is 0 Å². The summed E-state index contributed by atoms with van der Waals surface area (Å²) in [6, 6.07) is 3.65. The third-order valence-corrected chi connectivity index (χ3v) is 2.73. The maximum atomic E-state index is 11.9. The van der Waals surface area contributed by atoms with Crippen molar-refractivity contribution in [3.05, 3.63) is 65.4 Å². The van der Waals surface area contributed by atoms with Crippen LogP contribution in [0.15, 0.2) is 48.8 Å². The summed E-state index contributed by atoms with van der Waals surface area (Å²) in [4.78, 5) is 29.1. The van der Waals surface area contributed by atoms with E-state index in [1.54, 1.807) is 18.6 Å². The molecule has 0 radical (unpaired) electrons. The van der Waals surface area contributed by atoms with Crippen molar-refractivity contribution in [1.29, 1.82) is 0 Å². The first-order valence-corrected chi connectivity index (χ1v) is 5.81. The van der Waals surface area contributed by atoms with Gasteiger partial charge in [-0.1, -0.05) is 0 Å². The summed E-state index contributed by atoms with van der Waals surface area (Å²) >= 11 is 0. The van der Waals surface area contributed by atoms with Crippen molar-refractivity contribution in [2.24, 2.45) is 0 Å². The highest BCUT2D eigenvalue weighted by molar-refractivity contribution is 6.08. The molecule has 2 aromatic heterocycles. The molecule has 0 aromatic carbocycles. The molecule has 2 rings (SSSR count). The maximum absolute atomic E-state index is 11.9. The summed E-state index contributed by atoms with van der Waals surface area (Å²) in [5, 5.41) is 17.6. The lowest BCUT2D eigenvalue weighted by atomic mass is 10.0. The number of carboxylic acid groups (broad SMARTS) is 1. The molecule has 0 spiro atoms. The summed E-state index contributed by atoms with van der Waals surface area (Å²) in [5.41, 5.74) is 2.02. The largest absolute Gasteiger partial charge is 0.502 e. The summed E-state index contributed by atoms with van der Waals surface area (Å²) in [6.45, 7) is 0. The Balaban J connectivity index is 2.23. The van der Waals surface area contributed by atoms with Crippen molar-refractivity contribution >= 4 is 11.8 Å².